The monoisotopic (exact) mass is 322 g/mol. The third-order valence-electron chi connectivity index (χ3n) is 4.53. The van der Waals surface area contributed by atoms with Gasteiger partial charge in [0.15, 0.2) is 0 Å². The van der Waals surface area contributed by atoms with Crippen LogP contribution < -0.4 is 5.73 Å². The minimum Gasteiger partial charge on any atom is -0.370 e. The minimum absolute atomic E-state index is 0.0227. The topological polar surface area (TPSA) is 79.5 Å². The van der Waals surface area contributed by atoms with Gasteiger partial charge in [-0.3, -0.25) is 14.6 Å². The van der Waals surface area contributed by atoms with Gasteiger partial charge in [-0.15, -0.1) is 0 Å². The van der Waals surface area contributed by atoms with E-state index < -0.39 is 0 Å². The van der Waals surface area contributed by atoms with Crippen LogP contribution in [0.5, 0.6) is 0 Å². The Labute approximate surface area is 134 Å². The number of aromatic nitrogens is 1. The number of carbonyl (C=O) groups is 2. The molecular formula is C15H19ClN4O2. The van der Waals surface area contributed by atoms with Gasteiger partial charge in [-0.05, 0) is 17.9 Å². The van der Waals surface area contributed by atoms with Gasteiger partial charge in [0.05, 0.1) is 10.6 Å². The van der Waals surface area contributed by atoms with Crippen molar-refractivity contribution in [3.63, 3.8) is 0 Å². The van der Waals surface area contributed by atoms with Crippen molar-refractivity contribution in [1.82, 2.24) is 14.8 Å². The molecule has 118 valence electrons. The van der Waals surface area contributed by atoms with Crippen LogP contribution in [0.2, 0.25) is 5.02 Å². The van der Waals surface area contributed by atoms with Crippen molar-refractivity contribution in [2.24, 2.45) is 17.6 Å². The Morgan fingerprint density at radius 2 is 1.95 bits per heavy atom. The normalized spacial score (nSPS) is 24.5. The average Bonchev–Trinajstić information content (AvgIpc) is 3.03. The number of nitrogens with two attached hydrogens (primary N) is 1. The van der Waals surface area contributed by atoms with Crippen LogP contribution in [0.1, 0.15) is 16.8 Å². The summed E-state index contributed by atoms with van der Waals surface area (Å²) < 4.78 is 0. The smallest absolute Gasteiger partial charge is 0.255 e. The van der Waals surface area contributed by atoms with E-state index in [4.69, 9.17) is 17.3 Å². The molecule has 7 heteroatoms. The Morgan fingerprint density at radius 1 is 1.27 bits per heavy atom. The number of primary amides is 1. The maximum absolute atomic E-state index is 12.5. The van der Waals surface area contributed by atoms with E-state index in [0.29, 0.717) is 35.4 Å². The summed E-state index contributed by atoms with van der Waals surface area (Å²) in [5.41, 5.74) is 5.71. The number of hydrogen-bond donors (Lipinski definition) is 1. The molecule has 0 spiro atoms. The zero-order valence-corrected chi connectivity index (χ0v) is 13.0. The molecule has 2 unspecified atom stereocenters. The first kappa shape index (κ1) is 15.2. The lowest BCUT2D eigenvalue weighted by Crippen LogP contribution is -2.34. The average molecular weight is 323 g/mol. The molecule has 2 atom stereocenters. The third-order valence-corrected chi connectivity index (χ3v) is 4.83. The van der Waals surface area contributed by atoms with E-state index in [0.717, 1.165) is 26.2 Å². The standard InChI is InChI=1S/C15H19ClN4O2/c16-13-5-18-3-1-12(13)15(22)20-8-10-6-19(4-2-14(17)21)7-11(10)9-20/h1,3,5,10-11H,2,4,6-9H2,(H2,17,21). The fourth-order valence-electron chi connectivity index (χ4n) is 3.43. The van der Waals surface area contributed by atoms with Crippen molar-refractivity contribution >= 4 is 23.4 Å². The van der Waals surface area contributed by atoms with Crippen LogP contribution in [0.15, 0.2) is 18.5 Å². The highest BCUT2D eigenvalue weighted by molar-refractivity contribution is 6.33. The lowest BCUT2D eigenvalue weighted by molar-refractivity contribution is -0.118. The van der Waals surface area contributed by atoms with E-state index in [1.165, 1.54) is 6.20 Å². The molecule has 6 nitrogen and oxygen atoms in total. The Hall–Kier alpha value is -1.66. The van der Waals surface area contributed by atoms with E-state index in [9.17, 15) is 9.59 Å². The summed E-state index contributed by atoms with van der Waals surface area (Å²) >= 11 is 6.05. The number of nitrogens with zero attached hydrogens (tertiary/aromatic N) is 3. The van der Waals surface area contributed by atoms with Crippen LogP contribution in [-0.2, 0) is 4.79 Å². The van der Waals surface area contributed by atoms with Crippen molar-refractivity contribution in [3.05, 3.63) is 29.0 Å². The van der Waals surface area contributed by atoms with Crippen molar-refractivity contribution in [3.8, 4) is 0 Å². The molecule has 0 saturated carbocycles. The molecule has 3 heterocycles. The summed E-state index contributed by atoms with van der Waals surface area (Å²) in [5.74, 6) is 0.654. The minimum atomic E-state index is -0.263. The van der Waals surface area contributed by atoms with Crippen molar-refractivity contribution < 1.29 is 9.59 Å². The van der Waals surface area contributed by atoms with Gasteiger partial charge in [0.1, 0.15) is 0 Å². The first-order valence-electron chi connectivity index (χ1n) is 7.44. The molecule has 2 amide bonds. The summed E-state index contributed by atoms with van der Waals surface area (Å²) in [7, 11) is 0. The number of halogens is 1. The van der Waals surface area contributed by atoms with Crippen molar-refractivity contribution in [2.45, 2.75) is 6.42 Å². The Balaban J connectivity index is 1.58. The molecule has 2 saturated heterocycles. The number of amides is 2. The van der Waals surface area contributed by atoms with Gasteiger partial charge in [-0.1, -0.05) is 11.6 Å². The molecule has 2 aliphatic rings. The molecule has 1 aromatic heterocycles. The van der Waals surface area contributed by atoms with E-state index >= 15 is 0 Å². The van der Waals surface area contributed by atoms with Crippen LogP contribution >= 0.6 is 11.6 Å². The first-order chi connectivity index (χ1) is 10.5. The highest BCUT2D eigenvalue weighted by Gasteiger charge is 2.41. The number of rotatable bonds is 4. The number of carbonyl (C=O) groups excluding carboxylic acids is 2. The number of fused-ring (bicyclic) bond motifs is 1. The summed E-state index contributed by atoms with van der Waals surface area (Å²) in [6, 6.07) is 1.66. The molecule has 1 aromatic rings. The summed E-state index contributed by atoms with van der Waals surface area (Å²) in [6.45, 7) is 4.05. The molecule has 2 N–H and O–H groups in total. The number of pyridine rings is 1. The van der Waals surface area contributed by atoms with Gasteiger partial charge in [0, 0.05) is 51.5 Å². The van der Waals surface area contributed by atoms with E-state index in [-0.39, 0.29) is 11.8 Å². The fourth-order valence-corrected chi connectivity index (χ4v) is 3.63. The van der Waals surface area contributed by atoms with E-state index in [2.05, 4.69) is 9.88 Å². The van der Waals surface area contributed by atoms with Gasteiger partial charge in [-0.25, -0.2) is 0 Å². The SMILES string of the molecule is NC(=O)CCN1CC2CN(C(=O)c3ccncc3Cl)CC2C1. The molecule has 0 bridgehead atoms. The second-order valence-corrected chi connectivity index (χ2v) is 6.47. The lowest BCUT2D eigenvalue weighted by Gasteiger charge is -2.21. The van der Waals surface area contributed by atoms with Gasteiger partial charge >= 0.3 is 0 Å². The summed E-state index contributed by atoms with van der Waals surface area (Å²) in [5, 5.41) is 0.396. The predicted molar refractivity (Wildman–Crippen MR) is 82.4 cm³/mol. The molecule has 2 aliphatic heterocycles. The predicted octanol–water partition coefficient (Wildman–Crippen LogP) is 0.614. The Bertz CT molecular complexity index is 581. The second kappa shape index (κ2) is 6.22. The van der Waals surface area contributed by atoms with Gasteiger partial charge in [0.2, 0.25) is 5.91 Å². The zero-order chi connectivity index (χ0) is 15.7. The third kappa shape index (κ3) is 3.08. The molecule has 0 aliphatic carbocycles. The van der Waals surface area contributed by atoms with E-state index in [1.54, 1.807) is 12.3 Å². The zero-order valence-electron chi connectivity index (χ0n) is 12.2. The number of hydrogen-bond acceptors (Lipinski definition) is 4. The Morgan fingerprint density at radius 3 is 2.55 bits per heavy atom. The van der Waals surface area contributed by atoms with Crippen molar-refractivity contribution in [2.75, 3.05) is 32.7 Å². The summed E-state index contributed by atoms with van der Waals surface area (Å²) in [4.78, 5) is 31.4. The molecule has 3 rings (SSSR count). The van der Waals surface area contributed by atoms with Gasteiger partial charge in [-0.2, -0.15) is 0 Å². The maximum atomic E-state index is 12.5. The largest absolute Gasteiger partial charge is 0.370 e. The first-order valence-corrected chi connectivity index (χ1v) is 7.82. The molecule has 0 aromatic carbocycles. The number of likely N-dealkylation sites (tertiary alicyclic amines) is 2. The second-order valence-electron chi connectivity index (χ2n) is 6.06. The maximum Gasteiger partial charge on any atom is 0.255 e. The molecule has 0 radical (unpaired) electrons. The van der Waals surface area contributed by atoms with Gasteiger partial charge in [0.25, 0.3) is 5.91 Å². The molecule has 2 fully saturated rings. The van der Waals surface area contributed by atoms with Crippen LogP contribution in [0, 0.1) is 11.8 Å². The highest BCUT2D eigenvalue weighted by atomic mass is 35.5. The fraction of sp³-hybridized carbons (Fsp3) is 0.533. The van der Waals surface area contributed by atoms with Crippen LogP contribution in [0.25, 0.3) is 0 Å². The Kier molecular flexibility index (Phi) is 4.31. The van der Waals surface area contributed by atoms with Crippen LogP contribution in [0.4, 0.5) is 0 Å². The van der Waals surface area contributed by atoms with Crippen molar-refractivity contribution in [1.29, 1.82) is 0 Å². The quantitative estimate of drug-likeness (QED) is 0.881. The highest BCUT2D eigenvalue weighted by Crippen LogP contribution is 2.32. The lowest BCUT2D eigenvalue weighted by atomic mass is 10.0. The van der Waals surface area contributed by atoms with Crippen LogP contribution in [0.3, 0.4) is 0 Å². The molecular weight excluding hydrogens is 304 g/mol. The van der Waals surface area contributed by atoms with Gasteiger partial charge < -0.3 is 15.5 Å². The van der Waals surface area contributed by atoms with E-state index in [1.807, 2.05) is 4.90 Å². The van der Waals surface area contributed by atoms with Crippen LogP contribution in [-0.4, -0.2) is 59.3 Å². The molecule has 22 heavy (non-hydrogen) atoms. The summed E-state index contributed by atoms with van der Waals surface area (Å²) in [6.07, 6.45) is 3.48.